The van der Waals surface area contributed by atoms with Gasteiger partial charge in [0, 0.05) is 52.4 Å². The SMILES string of the molecule is O=Cc1cn(CC(F)F)c2ccc(Nc3nccc(-n4cc(CN5CC(O)CO5)cn4)n3)cc12. The van der Waals surface area contributed by atoms with Gasteiger partial charge in [0.05, 0.1) is 38.5 Å². The highest BCUT2D eigenvalue weighted by atomic mass is 19.3. The van der Waals surface area contributed by atoms with Gasteiger partial charge in [-0.05, 0) is 18.2 Å². The van der Waals surface area contributed by atoms with Crippen LogP contribution in [0.15, 0.2) is 49.1 Å². The molecule has 12 heteroatoms. The number of nitrogens with one attached hydrogen (secondary N) is 1. The summed E-state index contributed by atoms with van der Waals surface area (Å²) in [6.07, 6.45) is 4.15. The lowest BCUT2D eigenvalue weighted by Gasteiger charge is -2.11. The standard InChI is InChI=1S/C22H21F2N7O3/c23-20(24)11-29-9-15(12-32)18-5-16(1-2-19(18)29)27-22-25-4-3-21(28-22)31-8-14(6-26-31)7-30-10-17(33)13-34-30/h1-6,8-9,12,17,20,33H,7,10-11,13H2,(H,25,27,28). The lowest BCUT2D eigenvalue weighted by Crippen LogP contribution is -2.20. The maximum Gasteiger partial charge on any atom is 0.256 e. The van der Waals surface area contributed by atoms with Gasteiger partial charge >= 0.3 is 0 Å². The second kappa shape index (κ2) is 9.25. The number of fused-ring (bicyclic) bond motifs is 1. The van der Waals surface area contributed by atoms with E-state index < -0.39 is 19.1 Å². The zero-order valence-corrected chi connectivity index (χ0v) is 17.9. The van der Waals surface area contributed by atoms with Crippen LogP contribution in [0.5, 0.6) is 0 Å². The first kappa shape index (κ1) is 22.1. The molecule has 2 N–H and O–H groups in total. The number of aliphatic hydroxyl groups excluding tert-OH is 1. The third-order valence-corrected chi connectivity index (χ3v) is 5.36. The van der Waals surface area contributed by atoms with E-state index in [0.29, 0.717) is 53.3 Å². The number of carbonyl (C=O) groups is 1. The number of hydrogen-bond acceptors (Lipinski definition) is 8. The molecule has 34 heavy (non-hydrogen) atoms. The molecule has 1 atom stereocenters. The number of aldehydes is 1. The third-order valence-electron chi connectivity index (χ3n) is 5.36. The van der Waals surface area contributed by atoms with Crippen LogP contribution in [0.1, 0.15) is 15.9 Å². The van der Waals surface area contributed by atoms with Gasteiger partial charge in [-0.25, -0.2) is 18.4 Å². The van der Waals surface area contributed by atoms with Gasteiger partial charge in [0.25, 0.3) is 6.43 Å². The molecule has 1 saturated heterocycles. The summed E-state index contributed by atoms with van der Waals surface area (Å²) < 4.78 is 28.7. The molecular weight excluding hydrogens is 448 g/mol. The van der Waals surface area contributed by atoms with Gasteiger partial charge in [-0.15, -0.1) is 0 Å². The summed E-state index contributed by atoms with van der Waals surface area (Å²) in [5, 5.41) is 19.2. The molecule has 3 aromatic heterocycles. The number of benzene rings is 1. The molecule has 1 fully saturated rings. The highest BCUT2D eigenvalue weighted by Gasteiger charge is 2.22. The van der Waals surface area contributed by atoms with Gasteiger partial charge in [-0.2, -0.15) is 15.1 Å². The average Bonchev–Trinajstić information content (AvgIpc) is 3.53. The van der Waals surface area contributed by atoms with E-state index in [-0.39, 0.29) is 6.61 Å². The second-order valence-electron chi connectivity index (χ2n) is 7.91. The summed E-state index contributed by atoms with van der Waals surface area (Å²) in [7, 11) is 0. The van der Waals surface area contributed by atoms with Gasteiger partial charge in [0.2, 0.25) is 5.95 Å². The molecule has 4 heterocycles. The third kappa shape index (κ3) is 4.64. The molecule has 0 bridgehead atoms. The number of nitrogens with zero attached hydrogens (tertiary/aromatic N) is 6. The molecule has 0 amide bonds. The Morgan fingerprint density at radius 3 is 2.94 bits per heavy atom. The molecular formula is C22H21F2N7O3. The Balaban J connectivity index is 1.34. The van der Waals surface area contributed by atoms with E-state index in [9.17, 15) is 18.7 Å². The maximum absolute atomic E-state index is 12.9. The summed E-state index contributed by atoms with van der Waals surface area (Å²) in [6, 6.07) is 6.79. The van der Waals surface area contributed by atoms with Gasteiger partial charge in [-0.3, -0.25) is 9.63 Å². The van der Waals surface area contributed by atoms with E-state index in [1.165, 1.54) is 10.8 Å². The van der Waals surface area contributed by atoms with Crippen LogP contribution in [0.2, 0.25) is 0 Å². The number of rotatable bonds is 8. The zero-order chi connectivity index (χ0) is 23.7. The molecule has 0 radical (unpaired) electrons. The summed E-state index contributed by atoms with van der Waals surface area (Å²) in [4.78, 5) is 25.5. The van der Waals surface area contributed by atoms with Crippen molar-refractivity contribution < 1.29 is 23.5 Å². The van der Waals surface area contributed by atoms with Gasteiger partial charge in [0.1, 0.15) is 0 Å². The lowest BCUT2D eigenvalue weighted by atomic mass is 10.1. The maximum atomic E-state index is 12.9. The Morgan fingerprint density at radius 1 is 1.29 bits per heavy atom. The van der Waals surface area contributed by atoms with Crippen LogP contribution < -0.4 is 5.32 Å². The number of carbonyl (C=O) groups excluding carboxylic acids is 1. The molecule has 1 aliphatic heterocycles. The van der Waals surface area contributed by atoms with E-state index in [1.54, 1.807) is 46.4 Å². The molecule has 1 unspecified atom stereocenters. The normalized spacial score (nSPS) is 16.5. The highest BCUT2D eigenvalue weighted by Crippen LogP contribution is 2.26. The number of halogens is 2. The minimum Gasteiger partial charge on any atom is -0.389 e. The monoisotopic (exact) mass is 469 g/mol. The zero-order valence-electron chi connectivity index (χ0n) is 17.9. The van der Waals surface area contributed by atoms with Gasteiger partial charge in [0.15, 0.2) is 12.1 Å². The lowest BCUT2D eigenvalue weighted by molar-refractivity contribution is -0.117. The Hall–Kier alpha value is -3.74. The van der Waals surface area contributed by atoms with Crippen molar-refractivity contribution in [1.29, 1.82) is 0 Å². The molecule has 1 aromatic carbocycles. The van der Waals surface area contributed by atoms with Crippen molar-refractivity contribution in [3.05, 3.63) is 60.2 Å². The van der Waals surface area contributed by atoms with E-state index in [1.807, 2.05) is 6.20 Å². The molecule has 5 rings (SSSR count). The number of aliphatic hydroxyl groups is 1. The number of hydroxylamine groups is 2. The van der Waals surface area contributed by atoms with Crippen molar-refractivity contribution in [2.75, 3.05) is 18.5 Å². The molecule has 0 saturated carbocycles. The smallest absolute Gasteiger partial charge is 0.256 e. The van der Waals surface area contributed by atoms with Crippen molar-refractivity contribution in [3.8, 4) is 5.82 Å². The Bertz CT molecular complexity index is 1320. The van der Waals surface area contributed by atoms with Crippen LogP contribution in [0.4, 0.5) is 20.4 Å². The van der Waals surface area contributed by atoms with Crippen LogP contribution in [0.3, 0.4) is 0 Å². The number of hydrogen-bond donors (Lipinski definition) is 2. The van der Waals surface area contributed by atoms with Gasteiger partial charge < -0.3 is 15.0 Å². The van der Waals surface area contributed by atoms with Crippen LogP contribution in [-0.4, -0.2) is 66.5 Å². The summed E-state index contributed by atoms with van der Waals surface area (Å²) >= 11 is 0. The van der Waals surface area contributed by atoms with Crippen molar-refractivity contribution >= 4 is 28.8 Å². The van der Waals surface area contributed by atoms with Crippen LogP contribution in [0.25, 0.3) is 16.7 Å². The second-order valence-corrected chi connectivity index (χ2v) is 7.91. The molecule has 0 spiro atoms. The first-order valence-electron chi connectivity index (χ1n) is 10.5. The molecule has 0 aliphatic carbocycles. The van der Waals surface area contributed by atoms with Crippen LogP contribution in [0, 0.1) is 0 Å². The van der Waals surface area contributed by atoms with Crippen LogP contribution >= 0.6 is 0 Å². The number of anilines is 2. The van der Waals surface area contributed by atoms with Crippen molar-refractivity contribution in [3.63, 3.8) is 0 Å². The summed E-state index contributed by atoms with van der Waals surface area (Å²) in [5.74, 6) is 0.837. The Morgan fingerprint density at radius 2 is 2.18 bits per heavy atom. The fourth-order valence-electron chi connectivity index (χ4n) is 3.87. The number of β-amino-alcohol motifs (C(OH)–C–C–N with tert-alkyl or cyclic N) is 1. The molecule has 4 aromatic rings. The first-order chi connectivity index (χ1) is 16.5. The predicted octanol–water partition coefficient (Wildman–Crippen LogP) is 2.55. The quantitative estimate of drug-likeness (QED) is 0.379. The molecule has 176 valence electrons. The van der Waals surface area contributed by atoms with Crippen molar-refractivity contribution in [2.45, 2.75) is 25.6 Å². The average molecular weight is 469 g/mol. The van der Waals surface area contributed by atoms with E-state index in [4.69, 9.17) is 4.84 Å². The predicted molar refractivity (Wildman–Crippen MR) is 118 cm³/mol. The summed E-state index contributed by atoms with van der Waals surface area (Å²) in [5.41, 5.74) is 2.37. The summed E-state index contributed by atoms with van der Waals surface area (Å²) in [6.45, 7) is 0.719. The number of aromatic nitrogens is 5. The first-order valence-corrected chi connectivity index (χ1v) is 10.5. The Kier molecular flexibility index (Phi) is 6.01. The molecule has 1 aliphatic rings. The Labute approximate surface area is 192 Å². The van der Waals surface area contributed by atoms with E-state index in [0.717, 1.165) is 5.56 Å². The van der Waals surface area contributed by atoms with Crippen molar-refractivity contribution in [2.24, 2.45) is 0 Å². The van der Waals surface area contributed by atoms with Gasteiger partial charge in [-0.1, -0.05) is 0 Å². The largest absolute Gasteiger partial charge is 0.389 e. The van der Waals surface area contributed by atoms with Crippen molar-refractivity contribution in [1.82, 2.24) is 29.4 Å². The highest BCUT2D eigenvalue weighted by molar-refractivity contribution is 5.99. The topological polar surface area (TPSA) is 110 Å². The molecule has 10 nitrogen and oxygen atoms in total. The van der Waals surface area contributed by atoms with E-state index >= 15 is 0 Å². The fraction of sp³-hybridized carbons (Fsp3) is 0.273. The minimum absolute atomic E-state index is 0.284. The fourth-order valence-corrected chi connectivity index (χ4v) is 3.87. The minimum atomic E-state index is -2.53. The number of alkyl halides is 2. The van der Waals surface area contributed by atoms with Crippen LogP contribution in [-0.2, 0) is 17.9 Å². The van der Waals surface area contributed by atoms with E-state index in [2.05, 4.69) is 20.4 Å².